The summed E-state index contributed by atoms with van der Waals surface area (Å²) >= 11 is 1.85. The number of thioether (sulfide) groups is 1. The minimum atomic E-state index is 0.0397. The molecular formula is C24H34N2OS. The maximum absolute atomic E-state index is 11.2. The van der Waals surface area contributed by atoms with Crippen LogP contribution in [0.4, 0.5) is 0 Å². The van der Waals surface area contributed by atoms with Crippen LogP contribution in [-0.2, 0) is 4.79 Å². The molecule has 0 saturated heterocycles. The first-order chi connectivity index (χ1) is 13.5. The quantitative estimate of drug-likeness (QED) is 0.243. The van der Waals surface area contributed by atoms with Gasteiger partial charge in [-0.2, -0.15) is 0 Å². The van der Waals surface area contributed by atoms with Crippen molar-refractivity contribution in [3.05, 3.63) is 66.2 Å². The van der Waals surface area contributed by atoms with Crippen LogP contribution < -0.4 is 10.6 Å². The van der Waals surface area contributed by atoms with Gasteiger partial charge in [0.1, 0.15) is 6.29 Å². The summed E-state index contributed by atoms with van der Waals surface area (Å²) in [4.78, 5) is 12.5. The van der Waals surface area contributed by atoms with Gasteiger partial charge in [0.05, 0.1) is 11.4 Å². The summed E-state index contributed by atoms with van der Waals surface area (Å²) in [7, 11) is 0. The maximum Gasteiger partial charge on any atom is 0.124 e. The normalized spacial score (nSPS) is 15.0. The Morgan fingerprint density at radius 1 is 1.36 bits per heavy atom. The molecule has 28 heavy (non-hydrogen) atoms. The highest BCUT2D eigenvalue weighted by molar-refractivity contribution is 7.99. The average Bonchev–Trinajstić information content (AvgIpc) is 3.48. The van der Waals surface area contributed by atoms with Gasteiger partial charge < -0.3 is 15.4 Å². The lowest BCUT2D eigenvalue weighted by Gasteiger charge is -2.19. The molecule has 0 amide bonds. The van der Waals surface area contributed by atoms with E-state index < -0.39 is 0 Å². The van der Waals surface area contributed by atoms with Crippen molar-refractivity contribution in [2.45, 2.75) is 50.8 Å². The summed E-state index contributed by atoms with van der Waals surface area (Å²) in [6.45, 7) is 13.2. The van der Waals surface area contributed by atoms with E-state index in [1.165, 1.54) is 23.3 Å². The smallest absolute Gasteiger partial charge is 0.124 e. The molecule has 4 heteroatoms. The number of nitrogens with one attached hydrogen (secondary N) is 2. The van der Waals surface area contributed by atoms with Gasteiger partial charge in [-0.15, -0.1) is 11.8 Å². The number of aldehydes is 1. The predicted molar refractivity (Wildman–Crippen MR) is 121 cm³/mol. The van der Waals surface area contributed by atoms with E-state index in [-0.39, 0.29) is 5.92 Å². The highest BCUT2D eigenvalue weighted by atomic mass is 32.2. The van der Waals surface area contributed by atoms with Crippen LogP contribution in [0.3, 0.4) is 0 Å². The lowest BCUT2D eigenvalue weighted by Crippen LogP contribution is -2.27. The van der Waals surface area contributed by atoms with E-state index in [0.29, 0.717) is 12.5 Å². The predicted octanol–water partition coefficient (Wildman–Crippen LogP) is 5.59. The Bertz CT molecular complexity index is 706. The van der Waals surface area contributed by atoms with Crippen molar-refractivity contribution in [2.75, 3.05) is 12.3 Å². The van der Waals surface area contributed by atoms with Crippen LogP contribution in [0, 0.1) is 18.8 Å². The molecule has 1 aromatic carbocycles. The molecule has 3 nitrogen and oxygen atoms in total. The van der Waals surface area contributed by atoms with Crippen molar-refractivity contribution < 1.29 is 4.79 Å². The Morgan fingerprint density at radius 2 is 2.14 bits per heavy atom. The minimum absolute atomic E-state index is 0.0397. The molecule has 0 aromatic heterocycles. The first-order valence-corrected chi connectivity index (χ1v) is 11.2. The van der Waals surface area contributed by atoms with Gasteiger partial charge in [0, 0.05) is 28.8 Å². The van der Waals surface area contributed by atoms with Gasteiger partial charge in [-0.1, -0.05) is 50.3 Å². The molecule has 0 aliphatic heterocycles. The zero-order valence-corrected chi connectivity index (χ0v) is 18.1. The zero-order valence-electron chi connectivity index (χ0n) is 17.3. The van der Waals surface area contributed by atoms with E-state index in [1.807, 2.05) is 11.8 Å². The molecule has 1 fully saturated rings. The molecule has 1 aromatic rings. The Morgan fingerprint density at radius 3 is 2.79 bits per heavy atom. The SMILES string of the molecule is C=C(CCSc1cccc(C)c1)N/C(=C/C1CC1)C(=C)NCC(C=O)CCC. The summed E-state index contributed by atoms with van der Waals surface area (Å²) < 4.78 is 0. The van der Waals surface area contributed by atoms with Gasteiger partial charge in [0.15, 0.2) is 0 Å². The molecular weight excluding hydrogens is 364 g/mol. The third-order valence-corrected chi connectivity index (χ3v) is 5.75. The summed E-state index contributed by atoms with van der Waals surface area (Å²) in [5.74, 6) is 1.65. The monoisotopic (exact) mass is 398 g/mol. The van der Waals surface area contributed by atoms with Crippen molar-refractivity contribution in [1.29, 1.82) is 0 Å². The Labute approximate surface area is 174 Å². The van der Waals surface area contributed by atoms with Crippen LogP contribution in [0.2, 0.25) is 0 Å². The summed E-state index contributed by atoms with van der Waals surface area (Å²) in [5.41, 5.74) is 4.14. The van der Waals surface area contributed by atoms with Gasteiger partial charge in [-0.25, -0.2) is 0 Å². The molecule has 1 saturated carbocycles. The molecule has 1 unspecified atom stereocenters. The number of rotatable bonds is 14. The number of carbonyl (C=O) groups is 1. The standard InChI is InChI=1S/C24H34N2OS/c1-5-7-22(17-27)16-25-20(4)24(15-21-10-11-21)26-19(3)12-13-28-23-9-6-8-18(2)14-23/h6,8-9,14-15,17,21-22,25-26H,3-5,7,10-13,16H2,1-2H3/b24-15+. The molecule has 1 aliphatic rings. The van der Waals surface area contributed by atoms with Crippen LogP contribution >= 0.6 is 11.8 Å². The van der Waals surface area contributed by atoms with Crippen LogP contribution in [0.5, 0.6) is 0 Å². The molecule has 1 atom stereocenters. The van der Waals surface area contributed by atoms with Gasteiger partial charge in [0.25, 0.3) is 0 Å². The van der Waals surface area contributed by atoms with Gasteiger partial charge in [0.2, 0.25) is 0 Å². The lowest BCUT2D eigenvalue weighted by atomic mass is 10.1. The largest absolute Gasteiger partial charge is 0.383 e. The molecule has 0 radical (unpaired) electrons. The minimum Gasteiger partial charge on any atom is -0.383 e. The van der Waals surface area contributed by atoms with Crippen molar-refractivity contribution in [3.8, 4) is 0 Å². The van der Waals surface area contributed by atoms with Crippen molar-refractivity contribution in [1.82, 2.24) is 10.6 Å². The van der Waals surface area contributed by atoms with E-state index in [1.54, 1.807) is 0 Å². The fourth-order valence-electron chi connectivity index (χ4n) is 2.90. The third-order valence-electron chi connectivity index (χ3n) is 4.75. The molecule has 0 bridgehead atoms. The second kappa shape index (κ2) is 11.8. The first-order valence-electron chi connectivity index (χ1n) is 10.3. The molecule has 2 N–H and O–H groups in total. The van der Waals surface area contributed by atoms with E-state index in [0.717, 1.165) is 48.4 Å². The topological polar surface area (TPSA) is 41.1 Å². The van der Waals surface area contributed by atoms with E-state index in [4.69, 9.17) is 0 Å². The summed E-state index contributed by atoms with van der Waals surface area (Å²) in [6, 6.07) is 8.58. The zero-order chi connectivity index (χ0) is 20.4. The van der Waals surface area contributed by atoms with Crippen LogP contribution in [0.1, 0.15) is 44.6 Å². The van der Waals surface area contributed by atoms with Gasteiger partial charge in [-0.05, 0) is 50.7 Å². The molecule has 152 valence electrons. The number of hydrogen-bond acceptors (Lipinski definition) is 4. The van der Waals surface area contributed by atoms with Gasteiger partial charge in [-0.3, -0.25) is 0 Å². The summed E-state index contributed by atoms with van der Waals surface area (Å²) in [5, 5.41) is 6.80. The third kappa shape index (κ3) is 8.39. The van der Waals surface area contributed by atoms with Crippen LogP contribution in [0.25, 0.3) is 0 Å². The van der Waals surface area contributed by atoms with Crippen molar-refractivity contribution in [3.63, 3.8) is 0 Å². The Balaban J connectivity index is 1.82. The Kier molecular flexibility index (Phi) is 9.42. The van der Waals surface area contributed by atoms with Crippen LogP contribution in [-0.4, -0.2) is 18.6 Å². The molecule has 2 rings (SSSR count). The number of aryl methyl sites for hydroxylation is 1. The molecule has 0 spiro atoms. The second-order valence-electron chi connectivity index (χ2n) is 7.61. The highest BCUT2D eigenvalue weighted by Crippen LogP contribution is 2.32. The number of hydrogen-bond donors (Lipinski definition) is 2. The second-order valence-corrected chi connectivity index (χ2v) is 8.77. The van der Waals surface area contributed by atoms with Crippen LogP contribution in [0.15, 0.2) is 65.5 Å². The van der Waals surface area contributed by atoms with E-state index in [9.17, 15) is 4.79 Å². The van der Waals surface area contributed by atoms with Gasteiger partial charge >= 0.3 is 0 Å². The fourth-order valence-corrected chi connectivity index (χ4v) is 3.93. The average molecular weight is 399 g/mol. The van der Waals surface area contributed by atoms with Crippen molar-refractivity contribution in [2.24, 2.45) is 11.8 Å². The summed E-state index contributed by atoms with van der Waals surface area (Å²) in [6.07, 6.45) is 8.58. The molecule has 0 heterocycles. The Hall–Kier alpha value is -1.94. The fraction of sp³-hybridized carbons (Fsp3) is 0.458. The highest BCUT2D eigenvalue weighted by Gasteiger charge is 2.20. The first kappa shape index (κ1) is 22.4. The number of benzene rings is 1. The maximum atomic E-state index is 11.2. The lowest BCUT2D eigenvalue weighted by molar-refractivity contribution is -0.111. The number of carbonyl (C=O) groups excluding carboxylic acids is 1. The van der Waals surface area contributed by atoms with E-state index in [2.05, 4.69) is 68.0 Å². The molecule has 1 aliphatic carbocycles. The van der Waals surface area contributed by atoms with Crippen molar-refractivity contribution >= 4 is 18.0 Å². The van der Waals surface area contributed by atoms with E-state index >= 15 is 0 Å². The number of allylic oxidation sites excluding steroid dienone is 2.